The van der Waals surface area contributed by atoms with Gasteiger partial charge in [0.05, 0.1) is 0 Å². The van der Waals surface area contributed by atoms with Crippen LogP contribution in [0.2, 0.25) is 0 Å². The maximum atomic E-state index is 2.36. The fourth-order valence-corrected chi connectivity index (χ4v) is 9.15. The van der Waals surface area contributed by atoms with Crippen molar-refractivity contribution in [3.63, 3.8) is 0 Å². The molecule has 11 aromatic carbocycles. The Kier molecular flexibility index (Phi) is 10.7. The molecule has 0 heterocycles. The molecule has 1 heteroatoms. The molecule has 0 unspecified atom stereocenters. The summed E-state index contributed by atoms with van der Waals surface area (Å²) in [7, 11) is 0. The number of benzene rings is 11. The summed E-state index contributed by atoms with van der Waals surface area (Å²) in [6, 6.07) is 98.8. The molecular weight excluding hydrogens is 783 g/mol. The molecule has 0 radical (unpaired) electrons. The zero-order chi connectivity index (χ0) is 43.4. The van der Waals surface area contributed by atoms with Crippen molar-refractivity contribution in [1.82, 2.24) is 0 Å². The molecule has 0 bridgehead atoms. The van der Waals surface area contributed by atoms with Crippen molar-refractivity contribution >= 4 is 27.8 Å². The molecule has 0 N–H and O–H groups in total. The lowest BCUT2D eigenvalue weighted by atomic mass is 9.84. The molecule has 0 spiro atoms. The zero-order valence-electron chi connectivity index (χ0n) is 35.9. The smallest absolute Gasteiger partial charge is 0.0462 e. The first-order chi connectivity index (χ1) is 32.2. The zero-order valence-corrected chi connectivity index (χ0v) is 35.9. The minimum Gasteiger partial charge on any atom is -0.311 e. The summed E-state index contributed by atoms with van der Waals surface area (Å²) in [4.78, 5) is 2.35. The minimum absolute atomic E-state index is 1.09. The van der Waals surface area contributed by atoms with Crippen LogP contribution in [0, 0.1) is 0 Å². The van der Waals surface area contributed by atoms with Gasteiger partial charge in [0, 0.05) is 17.1 Å². The van der Waals surface area contributed by atoms with Gasteiger partial charge in [0.15, 0.2) is 0 Å². The van der Waals surface area contributed by atoms with E-state index in [1.54, 1.807) is 0 Å². The molecule has 0 amide bonds. The van der Waals surface area contributed by atoms with Crippen molar-refractivity contribution in [2.75, 3.05) is 4.90 Å². The maximum Gasteiger partial charge on any atom is 0.0462 e. The number of fused-ring (bicyclic) bond motifs is 1. The molecule has 65 heavy (non-hydrogen) atoms. The van der Waals surface area contributed by atoms with E-state index in [-0.39, 0.29) is 0 Å². The van der Waals surface area contributed by atoms with Crippen LogP contribution in [0.1, 0.15) is 0 Å². The average molecular weight is 828 g/mol. The van der Waals surface area contributed by atoms with E-state index in [1.165, 1.54) is 77.5 Å². The van der Waals surface area contributed by atoms with Crippen molar-refractivity contribution in [1.29, 1.82) is 0 Å². The lowest BCUT2D eigenvalue weighted by Crippen LogP contribution is -2.09. The molecular formula is C64H45N. The first kappa shape index (κ1) is 39.3. The topological polar surface area (TPSA) is 3.24 Å². The summed E-state index contributed by atoms with van der Waals surface area (Å²) < 4.78 is 0. The highest BCUT2D eigenvalue weighted by Gasteiger charge is 2.19. The van der Waals surface area contributed by atoms with Gasteiger partial charge < -0.3 is 4.90 Å². The van der Waals surface area contributed by atoms with Gasteiger partial charge in [-0.2, -0.15) is 0 Å². The molecule has 1 nitrogen and oxygen atoms in total. The number of nitrogens with zero attached hydrogens (tertiary/aromatic N) is 1. The third kappa shape index (κ3) is 8.16. The highest BCUT2D eigenvalue weighted by atomic mass is 15.1. The van der Waals surface area contributed by atoms with Crippen LogP contribution in [0.4, 0.5) is 17.1 Å². The van der Waals surface area contributed by atoms with Gasteiger partial charge in [-0.1, -0.05) is 212 Å². The van der Waals surface area contributed by atoms with Crippen molar-refractivity contribution < 1.29 is 0 Å². The average Bonchev–Trinajstić information content (AvgIpc) is 3.40. The first-order valence-corrected chi connectivity index (χ1v) is 22.3. The van der Waals surface area contributed by atoms with Crippen LogP contribution in [0.25, 0.3) is 88.7 Å². The lowest BCUT2D eigenvalue weighted by molar-refractivity contribution is 1.28. The van der Waals surface area contributed by atoms with Gasteiger partial charge in [-0.05, 0) is 149 Å². The Balaban J connectivity index is 0.986. The van der Waals surface area contributed by atoms with E-state index in [0.717, 1.165) is 28.2 Å². The third-order valence-electron chi connectivity index (χ3n) is 12.5. The van der Waals surface area contributed by atoms with Crippen molar-refractivity contribution in [2.24, 2.45) is 0 Å². The van der Waals surface area contributed by atoms with Crippen LogP contribution < -0.4 is 4.90 Å². The Morgan fingerprint density at radius 1 is 0.185 bits per heavy atom. The molecule has 0 aromatic heterocycles. The maximum absolute atomic E-state index is 2.36. The third-order valence-corrected chi connectivity index (χ3v) is 12.5. The number of rotatable bonds is 10. The monoisotopic (exact) mass is 827 g/mol. The van der Waals surface area contributed by atoms with E-state index in [4.69, 9.17) is 0 Å². The van der Waals surface area contributed by atoms with Crippen molar-refractivity contribution in [3.05, 3.63) is 273 Å². The Hall–Kier alpha value is -8.52. The van der Waals surface area contributed by atoms with Crippen LogP contribution in [0.15, 0.2) is 273 Å². The van der Waals surface area contributed by atoms with Gasteiger partial charge in [0.25, 0.3) is 0 Å². The summed E-state index contributed by atoms with van der Waals surface area (Å²) in [5, 5.41) is 2.49. The SMILES string of the molecule is c1ccc(-c2ccc(N(c3ccc(-c4cccc(-c5c(-c6ccccc6)cc(-c6ccccc6)cc5-c5ccccc5)c4)cc3)c3ccc(-c4ccc5ccccc5c4)cc3)cc2)cc1. The second kappa shape index (κ2) is 17.7. The van der Waals surface area contributed by atoms with Crippen molar-refractivity contribution in [2.45, 2.75) is 0 Å². The molecule has 11 aromatic rings. The summed E-state index contributed by atoms with van der Waals surface area (Å²) >= 11 is 0. The van der Waals surface area contributed by atoms with E-state index in [9.17, 15) is 0 Å². The molecule has 0 saturated heterocycles. The van der Waals surface area contributed by atoms with Gasteiger partial charge in [0.2, 0.25) is 0 Å². The Labute approximate surface area is 381 Å². The van der Waals surface area contributed by atoms with Gasteiger partial charge >= 0.3 is 0 Å². The predicted octanol–water partition coefficient (Wildman–Crippen LogP) is 18.0. The van der Waals surface area contributed by atoms with E-state index < -0.39 is 0 Å². The summed E-state index contributed by atoms with van der Waals surface area (Å²) in [5.41, 5.74) is 20.0. The standard InChI is InChI=1S/C64H45N/c1-5-16-46(17-6-1)49-30-36-59(37-31-49)65(61-40-34-51(35-41-61)56-29-28-48-20-13-14-25-54(48)42-56)60-38-32-50(33-39-60)55-26-15-27-57(43-55)64-62(52-21-9-3-10-22-52)44-58(47-18-7-2-8-19-47)45-63(64)53-23-11-4-12-24-53/h1-45H. The fraction of sp³-hybridized carbons (Fsp3) is 0. The highest BCUT2D eigenvalue weighted by molar-refractivity contribution is 5.98. The van der Waals surface area contributed by atoms with Crippen LogP contribution in [-0.4, -0.2) is 0 Å². The molecule has 0 atom stereocenters. The predicted molar refractivity (Wildman–Crippen MR) is 277 cm³/mol. The summed E-state index contributed by atoms with van der Waals surface area (Å²) in [5.74, 6) is 0. The van der Waals surface area contributed by atoms with Gasteiger partial charge in [0.1, 0.15) is 0 Å². The molecule has 0 saturated carbocycles. The van der Waals surface area contributed by atoms with E-state index in [0.29, 0.717) is 0 Å². The van der Waals surface area contributed by atoms with Gasteiger partial charge in [-0.25, -0.2) is 0 Å². The van der Waals surface area contributed by atoms with Gasteiger partial charge in [-0.15, -0.1) is 0 Å². The first-order valence-electron chi connectivity index (χ1n) is 22.3. The quantitative estimate of drug-likeness (QED) is 0.133. The molecule has 0 fully saturated rings. The number of anilines is 3. The minimum atomic E-state index is 1.09. The molecule has 11 rings (SSSR count). The summed E-state index contributed by atoms with van der Waals surface area (Å²) in [6.45, 7) is 0. The van der Waals surface area contributed by atoms with Crippen LogP contribution in [-0.2, 0) is 0 Å². The van der Waals surface area contributed by atoms with Crippen LogP contribution in [0.5, 0.6) is 0 Å². The number of hydrogen-bond acceptors (Lipinski definition) is 1. The molecule has 0 aliphatic carbocycles. The van der Waals surface area contributed by atoms with E-state index in [1.807, 2.05) is 0 Å². The Morgan fingerprint density at radius 2 is 0.523 bits per heavy atom. The Morgan fingerprint density at radius 3 is 1.02 bits per heavy atom. The largest absolute Gasteiger partial charge is 0.311 e. The van der Waals surface area contributed by atoms with E-state index in [2.05, 4.69) is 278 Å². The van der Waals surface area contributed by atoms with Gasteiger partial charge in [-0.3, -0.25) is 0 Å². The van der Waals surface area contributed by atoms with Crippen molar-refractivity contribution in [3.8, 4) is 77.9 Å². The van der Waals surface area contributed by atoms with Crippen LogP contribution >= 0.6 is 0 Å². The number of hydrogen-bond donors (Lipinski definition) is 0. The highest BCUT2D eigenvalue weighted by Crippen LogP contribution is 2.45. The Bertz CT molecular complexity index is 3300. The second-order valence-electron chi connectivity index (χ2n) is 16.5. The fourth-order valence-electron chi connectivity index (χ4n) is 9.15. The summed E-state index contributed by atoms with van der Waals surface area (Å²) in [6.07, 6.45) is 0. The second-order valence-corrected chi connectivity index (χ2v) is 16.5. The molecule has 0 aliphatic rings. The lowest BCUT2D eigenvalue weighted by Gasteiger charge is -2.26. The normalized spacial score (nSPS) is 11.1. The molecule has 0 aliphatic heterocycles. The van der Waals surface area contributed by atoms with Crippen LogP contribution in [0.3, 0.4) is 0 Å². The molecule has 306 valence electrons. The van der Waals surface area contributed by atoms with E-state index >= 15 is 0 Å².